The first-order chi connectivity index (χ1) is 10.7. The maximum absolute atomic E-state index is 12.4. The van der Waals surface area contributed by atoms with Crippen molar-refractivity contribution >= 4 is 5.91 Å². The number of carbonyl (C=O) groups excluding carboxylic acids is 1. The molecule has 3 rings (SSSR count). The molecular weight excluding hydrogens is 274 g/mol. The average Bonchev–Trinajstić information content (AvgIpc) is 2.56. The van der Waals surface area contributed by atoms with Crippen LogP contribution in [0.1, 0.15) is 21.5 Å². The highest BCUT2D eigenvalue weighted by Crippen LogP contribution is 2.12. The molecule has 0 unspecified atom stereocenters. The zero-order chi connectivity index (χ0) is 15.4. The van der Waals surface area contributed by atoms with Crippen molar-refractivity contribution < 1.29 is 4.79 Å². The van der Waals surface area contributed by atoms with Crippen molar-refractivity contribution in [3.8, 4) is 0 Å². The van der Waals surface area contributed by atoms with Crippen molar-refractivity contribution in [2.45, 2.75) is 13.5 Å². The third-order valence-corrected chi connectivity index (χ3v) is 4.08. The van der Waals surface area contributed by atoms with Crippen LogP contribution in [0.25, 0.3) is 0 Å². The van der Waals surface area contributed by atoms with E-state index in [1.807, 2.05) is 4.90 Å². The molecule has 1 aromatic heterocycles. The highest BCUT2D eigenvalue weighted by atomic mass is 16.2. The van der Waals surface area contributed by atoms with Crippen LogP contribution in [0, 0.1) is 6.92 Å². The smallest absolute Gasteiger partial charge is 0.254 e. The van der Waals surface area contributed by atoms with Crippen molar-refractivity contribution in [3.05, 3.63) is 65.5 Å². The number of rotatable bonds is 3. The normalized spacial score (nSPS) is 15.8. The number of hydrogen-bond donors (Lipinski definition) is 0. The molecule has 0 radical (unpaired) electrons. The molecule has 4 heteroatoms. The largest absolute Gasteiger partial charge is 0.336 e. The van der Waals surface area contributed by atoms with Gasteiger partial charge in [-0.3, -0.25) is 14.7 Å². The van der Waals surface area contributed by atoms with E-state index in [0.29, 0.717) is 0 Å². The lowest BCUT2D eigenvalue weighted by molar-refractivity contribution is 0.0628. The fraction of sp³-hybridized carbons (Fsp3) is 0.333. The van der Waals surface area contributed by atoms with Gasteiger partial charge >= 0.3 is 0 Å². The van der Waals surface area contributed by atoms with Crippen LogP contribution in [0.15, 0.2) is 48.8 Å². The van der Waals surface area contributed by atoms with E-state index < -0.39 is 0 Å². The van der Waals surface area contributed by atoms with Crippen LogP contribution in [0.5, 0.6) is 0 Å². The first-order valence-corrected chi connectivity index (χ1v) is 7.69. The maximum Gasteiger partial charge on any atom is 0.254 e. The number of nitrogens with zero attached hydrogens (tertiary/aromatic N) is 3. The van der Waals surface area contributed by atoms with Crippen molar-refractivity contribution in [1.29, 1.82) is 0 Å². The molecule has 1 saturated heterocycles. The molecule has 1 aliphatic rings. The fourth-order valence-electron chi connectivity index (χ4n) is 2.85. The molecule has 2 heterocycles. The second-order valence-corrected chi connectivity index (χ2v) is 5.79. The van der Waals surface area contributed by atoms with E-state index in [4.69, 9.17) is 0 Å². The molecule has 0 bridgehead atoms. The zero-order valence-corrected chi connectivity index (χ0v) is 12.9. The highest BCUT2D eigenvalue weighted by Gasteiger charge is 2.21. The summed E-state index contributed by atoms with van der Waals surface area (Å²) >= 11 is 0. The summed E-state index contributed by atoms with van der Waals surface area (Å²) in [6, 6.07) is 12.2. The first-order valence-electron chi connectivity index (χ1n) is 7.69. The molecule has 0 N–H and O–H groups in total. The monoisotopic (exact) mass is 295 g/mol. The quantitative estimate of drug-likeness (QED) is 0.872. The van der Waals surface area contributed by atoms with Crippen molar-refractivity contribution in [3.63, 3.8) is 0 Å². The third kappa shape index (κ3) is 3.52. The van der Waals surface area contributed by atoms with Crippen LogP contribution in [0.3, 0.4) is 0 Å². The van der Waals surface area contributed by atoms with Gasteiger partial charge in [-0.15, -0.1) is 0 Å². The molecule has 0 spiro atoms. The van der Waals surface area contributed by atoms with E-state index in [1.165, 1.54) is 11.1 Å². The number of carbonyl (C=O) groups is 1. The Morgan fingerprint density at radius 1 is 1.09 bits per heavy atom. The zero-order valence-electron chi connectivity index (χ0n) is 12.9. The summed E-state index contributed by atoms with van der Waals surface area (Å²) in [5.41, 5.74) is 3.36. The van der Waals surface area contributed by atoms with Gasteiger partial charge in [-0.2, -0.15) is 0 Å². The Bertz CT molecular complexity index is 634. The summed E-state index contributed by atoms with van der Waals surface area (Å²) in [7, 11) is 0. The number of hydrogen-bond acceptors (Lipinski definition) is 3. The van der Waals surface area contributed by atoms with Gasteiger partial charge in [-0.05, 0) is 24.6 Å². The van der Waals surface area contributed by atoms with Crippen LogP contribution in [-0.2, 0) is 6.54 Å². The van der Waals surface area contributed by atoms with E-state index in [9.17, 15) is 4.79 Å². The number of piperazine rings is 1. The van der Waals surface area contributed by atoms with Crippen LogP contribution in [0.2, 0.25) is 0 Å². The predicted molar refractivity (Wildman–Crippen MR) is 86.6 cm³/mol. The van der Waals surface area contributed by atoms with E-state index in [-0.39, 0.29) is 5.91 Å². The van der Waals surface area contributed by atoms with Crippen LogP contribution < -0.4 is 0 Å². The minimum atomic E-state index is 0.109. The van der Waals surface area contributed by atoms with Gasteiger partial charge < -0.3 is 4.90 Å². The van der Waals surface area contributed by atoms with Gasteiger partial charge in [0, 0.05) is 50.7 Å². The van der Waals surface area contributed by atoms with Crippen molar-refractivity contribution in [2.75, 3.05) is 26.2 Å². The number of benzene rings is 1. The van der Waals surface area contributed by atoms with E-state index in [1.54, 1.807) is 24.5 Å². The molecular formula is C18H21N3O. The molecule has 0 aliphatic carbocycles. The summed E-state index contributed by atoms with van der Waals surface area (Å²) in [5, 5.41) is 0. The predicted octanol–water partition coefficient (Wildman–Crippen LogP) is 2.35. The Kier molecular flexibility index (Phi) is 4.49. The van der Waals surface area contributed by atoms with Crippen molar-refractivity contribution in [1.82, 2.24) is 14.8 Å². The lowest BCUT2D eigenvalue weighted by atomic mass is 10.1. The Morgan fingerprint density at radius 3 is 2.50 bits per heavy atom. The Labute approximate surface area is 131 Å². The fourth-order valence-corrected chi connectivity index (χ4v) is 2.85. The molecule has 0 saturated carbocycles. The molecule has 0 atom stereocenters. The van der Waals surface area contributed by atoms with Crippen LogP contribution in [0.4, 0.5) is 0 Å². The summed E-state index contributed by atoms with van der Waals surface area (Å²) in [5.74, 6) is 0.109. The number of pyridine rings is 1. The lowest BCUT2D eigenvalue weighted by Gasteiger charge is -2.34. The van der Waals surface area contributed by atoms with Gasteiger partial charge in [0.2, 0.25) is 0 Å². The second-order valence-electron chi connectivity index (χ2n) is 5.79. The minimum absolute atomic E-state index is 0.109. The average molecular weight is 295 g/mol. The Balaban J connectivity index is 1.55. The molecule has 4 nitrogen and oxygen atoms in total. The summed E-state index contributed by atoms with van der Waals surface area (Å²) in [4.78, 5) is 20.7. The lowest BCUT2D eigenvalue weighted by Crippen LogP contribution is -2.48. The Morgan fingerprint density at radius 2 is 1.82 bits per heavy atom. The van der Waals surface area contributed by atoms with E-state index in [2.05, 4.69) is 41.1 Å². The number of amides is 1. The summed E-state index contributed by atoms with van der Waals surface area (Å²) < 4.78 is 0. The molecule has 1 aromatic carbocycles. The summed E-state index contributed by atoms with van der Waals surface area (Å²) in [6.45, 7) is 6.49. The number of aromatic nitrogens is 1. The molecule has 1 fully saturated rings. The standard InChI is InChI=1S/C18H21N3O/c1-15-3-2-4-16(13-15)14-20-9-11-21(12-10-20)18(22)17-5-7-19-8-6-17/h2-8,13H,9-12,14H2,1H3. The molecule has 114 valence electrons. The minimum Gasteiger partial charge on any atom is -0.336 e. The highest BCUT2D eigenvalue weighted by molar-refractivity contribution is 5.94. The van der Waals surface area contributed by atoms with Gasteiger partial charge in [0.15, 0.2) is 0 Å². The summed E-state index contributed by atoms with van der Waals surface area (Å²) in [6.07, 6.45) is 3.34. The van der Waals surface area contributed by atoms with Crippen LogP contribution in [-0.4, -0.2) is 46.9 Å². The van der Waals surface area contributed by atoms with Gasteiger partial charge in [-0.1, -0.05) is 29.8 Å². The van der Waals surface area contributed by atoms with Crippen molar-refractivity contribution in [2.24, 2.45) is 0 Å². The third-order valence-electron chi connectivity index (χ3n) is 4.08. The first kappa shape index (κ1) is 14.7. The van der Waals surface area contributed by atoms with Crippen LogP contribution >= 0.6 is 0 Å². The maximum atomic E-state index is 12.4. The molecule has 22 heavy (non-hydrogen) atoms. The van der Waals surface area contributed by atoms with E-state index in [0.717, 1.165) is 38.3 Å². The molecule has 1 aliphatic heterocycles. The SMILES string of the molecule is Cc1cccc(CN2CCN(C(=O)c3ccncc3)CC2)c1. The van der Waals surface area contributed by atoms with Gasteiger partial charge in [0.25, 0.3) is 5.91 Å². The second kappa shape index (κ2) is 6.71. The van der Waals surface area contributed by atoms with E-state index >= 15 is 0 Å². The number of aryl methyl sites for hydroxylation is 1. The Hall–Kier alpha value is -2.20. The van der Waals surface area contributed by atoms with Gasteiger partial charge in [0.05, 0.1) is 0 Å². The topological polar surface area (TPSA) is 36.4 Å². The molecule has 1 amide bonds. The van der Waals surface area contributed by atoms with Gasteiger partial charge in [0.1, 0.15) is 0 Å². The molecule has 2 aromatic rings. The van der Waals surface area contributed by atoms with Gasteiger partial charge in [-0.25, -0.2) is 0 Å².